The van der Waals surface area contributed by atoms with Crippen molar-refractivity contribution in [3.8, 4) is 0 Å². The number of aromatic nitrogens is 6. The molecule has 0 aliphatic carbocycles. The quantitative estimate of drug-likeness (QED) is 0.265. The molecule has 8 nitrogen and oxygen atoms in total. The van der Waals surface area contributed by atoms with Crippen LogP contribution in [0.4, 0.5) is 5.82 Å². The highest BCUT2D eigenvalue weighted by molar-refractivity contribution is 5.77. The van der Waals surface area contributed by atoms with E-state index in [4.69, 9.17) is 10.8 Å². The summed E-state index contributed by atoms with van der Waals surface area (Å²) in [7, 11) is 0. The van der Waals surface area contributed by atoms with E-state index in [-0.39, 0.29) is 5.92 Å². The molecule has 0 amide bonds. The van der Waals surface area contributed by atoms with Crippen molar-refractivity contribution >= 4 is 17.0 Å². The van der Waals surface area contributed by atoms with E-state index < -0.39 is 0 Å². The van der Waals surface area contributed by atoms with E-state index in [0.717, 1.165) is 55.5 Å². The van der Waals surface area contributed by atoms with Crippen molar-refractivity contribution in [1.29, 1.82) is 0 Å². The topological polar surface area (TPSA) is 110 Å². The highest BCUT2D eigenvalue weighted by atomic mass is 15.3. The third kappa shape index (κ3) is 5.45. The second-order valence-electron chi connectivity index (χ2n) is 10.3. The molecule has 1 atom stereocenters. The first-order chi connectivity index (χ1) is 18.7. The normalized spacial score (nSPS) is 15.2. The van der Waals surface area contributed by atoms with Gasteiger partial charge in [-0.3, -0.25) is 4.68 Å². The van der Waals surface area contributed by atoms with Gasteiger partial charge in [0.1, 0.15) is 11.3 Å². The number of hydrogen-bond donors (Lipinski definition) is 3. The molecule has 0 radical (unpaired) electrons. The molecule has 2 aromatic carbocycles. The number of H-pyrrole nitrogens is 1. The lowest BCUT2D eigenvalue weighted by molar-refractivity contribution is 0.460. The highest BCUT2D eigenvalue weighted by Gasteiger charge is 2.22. The van der Waals surface area contributed by atoms with Crippen LogP contribution in [0.15, 0.2) is 73.1 Å². The minimum atomic E-state index is 0.0893. The number of nitrogen functional groups attached to an aromatic ring is 1. The first-order valence-corrected chi connectivity index (χ1v) is 13.6. The summed E-state index contributed by atoms with van der Waals surface area (Å²) in [6.07, 6.45) is 9.55. The van der Waals surface area contributed by atoms with E-state index in [9.17, 15) is 0 Å². The molecule has 4 N–H and O–H groups in total. The van der Waals surface area contributed by atoms with Gasteiger partial charge in [-0.05, 0) is 85.0 Å². The van der Waals surface area contributed by atoms with Crippen LogP contribution in [0.2, 0.25) is 0 Å². The van der Waals surface area contributed by atoms with Crippen molar-refractivity contribution in [3.63, 3.8) is 0 Å². The summed E-state index contributed by atoms with van der Waals surface area (Å²) in [5, 5.41) is 19.6. The van der Waals surface area contributed by atoms with Crippen LogP contribution in [-0.4, -0.2) is 43.3 Å². The van der Waals surface area contributed by atoms with Crippen LogP contribution < -0.4 is 11.1 Å². The Bertz CT molecular complexity index is 1480. The lowest BCUT2D eigenvalue weighted by Crippen LogP contribution is -2.26. The van der Waals surface area contributed by atoms with E-state index in [1.165, 1.54) is 29.5 Å². The Labute approximate surface area is 222 Å². The Balaban J connectivity index is 1.25. The van der Waals surface area contributed by atoms with Crippen molar-refractivity contribution in [2.45, 2.75) is 50.5 Å². The summed E-state index contributed by atoms with van der Waals surface area (Å²) < 4.78 is 2.05. The average Bonchev–Trinajstić information content (AvgIpc) is 3.62. The number of rotatable bonds is 9. The molecule has 0 bridgehead atoms. The fraction of sp³-hybridized carbons (Fsp3) is 0.333. The van der Waals surface area contributed by atoms with Gasteiger partial charge in [-0.25, -0.2) is 4.98 Å². The Morgan fingerprint density at radius 1 is 0.974 bits per heavy atom. The first kappa shape index (κ1) is 24.3. The molecule has 1 aliphatic rings. The molecule has 38 heavy (non-hydrogen) atoms. The predicted octanol–water partition coefficient (Wildman–Crippen LogP) is 4.80. The number of benzene rings is 2. The molecule has 6 rings (SSSR count). The van der Waals surface area contributed by atoms with E-state index in [1.54, 1.807) is 0 Å². The van der Waals surface area contributed by atoms with E-state index in [1.807, 2.05) is 16.9 Å². The summed E-state index contributed by atoms with van der Waals surface area (Å²) in [6, 6.07) is 21.6. The molecule has 4 heterocycles. The molecule has 0 spiro atoms. The molecule has 5 aromatic rings. The summed E-state index contributed by atoms with van der Waals surface area (Å²) in [5.74, 6) is 1.18. The van der Waals surface area contributed by atoms with Crippen molar-refractivity contribution in [2.75, 3.05) is 18.8 Å². The standard InChI is InChI=1S/C30H34N8/c31-28-17-27(29-30(34-28)36-37-35-29)26(11-5-8-21-6-2-1-3-7-21)25-18-33-38(20-25)19-22-9-4-10-24(16-22)23-12-14-32-15-13-23/h1-4,6-7,9-10,16-18,20,23,26,32H,5,8,11-15,19H2,(H3,31,34,35,36,37). The van der Waals surface area contributed by atoms with Gasteiger partial charge in [-0.15, -0.1) is 5.10 Å². The molecule has 1 unspecified atom stereocenters. The molecule has 1 saturated heterocycles. The van der Waals surface area contributed by atoms with E-state index >= 15 is 0 Å². The zero-order chi connectivity index (χ0) is 25.7. The van der Waals surface area contributed by atoms with Crippen LogP contribution in [-0.2, 0) is 13.0 Å². The number of hydrogen-bond acceptors (Lipinski definition) is 6. The van der Waals surface area contributed by atoms with Gasteiger partial charge < -0.3 is 11.1 Å². The van der Waals surface area contributed by atoms with Gasteiger partial charge in [0.15, 0.2) is 0 Å². The Morgan fingerprint density at radius 3 is 2.68 bits per heavy atom. The number of fused-ring (bicyclic) bond motifs is 1. The second-order valence-corrected chi connectivity index (χ2v) is 10.3. The Hall–Kier alpha value is -4.04. The summed E-state index contributed by atoms with van der Waals surface area (Å²) in [5.41, 5.74) is 13.8. The van der Waals surface area contributed by atoms with Gasteiger partial charge in [0.2, 0.25) is 5.65 Å². The van der Waals surface area contributed by atoms with Crippen LogP contribution in [0.5, 0.6) is 0 Å². The molecular formula is C30H34N8. The third-order valence-corrected chi connectivity index (χ3v) is 7.68. The first-order valence-electron chi connectivity index (χ1n) is 13.6. The van der Waals surface area contributed by atoms with Crippen molar-refractivity contribution in [2.24, 2.45) is 0 Å². The fourth-order valence-corrected chi connectivity index (χ4v) is 5.74. The number of piperidine rings is 1. The van der Waals surface area contributed by atoms with Crippen LogP contribution in [0.1, 0.15) is 65.3 Å². The number of anilines is 1. The maximum atomic E-state index is 6.18. The SMILES string of the molecule is Nc1cc(C(CCCc2ccccc2)c2cnn(Cc3cccc(C4CCNCC4)c3)c2)c2n[nH]nc2n1. The lowest BCUT2D eigenvalue weighted by Gasteiger charge is -2.23. The number of aromatic amines is 1. The van der Waals surface area contributed by atoms with E-state index in [0.29, 0.717) is 17.4 Å². The second kappa shape index (κ2) is 11.1. The van der Waals surface area contributed by atoms with Gasteiger partial charge in [0.05, 0.1) is 12.7 Å². The summed E-state index contributed by atoms with van der Waals surface area (Å²) in [4.78, 5) is 4.36. The number of nitrogens with zero attached hydrogens (tertiary/aromatic N) is 5. The monoisotopic (exact) mass is 506 g/mol. The molecule has 3 aromatic heterocycles. The number of aryl methyl sites for hydroxylation is 1. The molecule has 1 aliphatic heterocycles. The number of nitrogens with one attached hydrogen (secondary N) is 2. The van der Waals surface area contributed by atoms with Gasteiger partial charge in [0.25, 0.3) is 0 Å². The predicted molar refractivity (Wildman–Crippen MR) is 150 cm³/mol. The van der Waals surface area contributed by atoms with Crippen LogP contribution in [0.25, 0.3) is 11.2 Å². The minimum Gasteiger partial charge on any atom is -0.384 e. The molecule has 194 valence electrons. The zero-order valence-corrected chi connectivity index (χ0v) is 21.6. The largest absolute Gasteiger partial charge is 0.384 e. The lowest BCUT2D eigenvalue weighted by atomic mass is 9.88. The average molecular weight is 507 g/mol. The molecule has 0 saturated carbocycles. The zero-order valence-electron chi connectivity index (χ0n) is 21.6. The molecular weight excluding hydrogens is 472 g/mol. The summed E-state index contributed by atoms with van der Waals surface area (Å²) >= 11 is 0. The summed E-state index contributed by atoms with van der Waals surface area (Å²) in [6.45, 7) is 2.94. The number of pyridine rings is 1. The fourth-order valence-electron chi connectivity index (χ4n) is 5.74. The maximum Gasteiger partial charge on any atom is 0.203 e. The van der Waals surface area contributed by atoms with Crippen LogP contribution in [0, 0.1) is 0 Å². The molecule has 1 fully saturated rings. The van der Waals surface area contributed by atoms with Crippen molar-refractivity contribution in [1.82, 2.24) is 35.5 Å². The van der Waals surface area contributed by atoms with Crippen LogP contribution >= 0.6 is 0 Å². The Morgan fingerprint density at radius 2 is 1.82 bits per heavy atom. The van der Waals surface area contributed by atoms with Gasteiger partial charge in [0, 0.05) is 12.1 Å². The maximum absolute atomic E-state index is 6.18. The third-order valence-electron chi connectivity index (χ3n) is 7.68. The smallest absolute Gasteiger partial charge is 0.203 e. The minimum absolute atomic E-state index is 0.0893. The van der Waals surface area contributed by atoms with Crippen molar-refractivity contribution < 1.29 is 0 Å². The van der Waals surface area contributed by atoms with E-state index in [2.05, 4.69) is 86.5 Å². The number of nitrogens with two attached hydrogens (primary N) is 1. The van der Waals surface area contributed by atoms with Gasteiger partial charge in [-0.2, -0.15) is 15.4 Å². The molecule has 8 heteroatoms. The highest BCUT2D eigenvalue weighted by Crippen LogP contribution is 2.34. The van der Waals surface area contributed by atoms with Gasteiger partial charge in [-0.1, -0.05) is 54.6 Å². The van der Waals surface area contributed by atoms with Crippen LogP contribution in [0.3, 0.4) is 0 Å². The van der Waals surface area contributed by atoms with Gasteiger partial charge >= 0.3 is 0 Å². The Kier molecular flexibility index (Phi) is 7.13. The van der Waals surface area contributed by atoms with Crippen molar-refractivity contribution in [3.05, 3.63) is 101 Å².